The molecule has 4 rings (SSSR count). The summed E-state index contributed by atoms with van der Waals surface area (Å²) < 4.78 is 0. The Bertz CT molecular complexity index is 686. The highest BCUT2D eigenvalue weighted by Crippen LogP contribution is 2.31. The van der Waals surface area contributed by atoms with Gasteiger partial charge in [-0.1, -0.05) is 12.1 Å². The van der Waals surface area contributed by atoms with E-state index in [1.54, 1.807) is 6.33 Å². The van der Waals surface area contributed by atoms with Crippen LogP contribution in [0.25, 0.3) is 10.9 Å². The fourth-order valence-electron chi connectivity index (χ4n) is 4.41. The first-order chi connectivity index (χ1) is 11.2. The van der Waals surface area contributed by atoms with Gasteiger partial charge in [-0.15, -0.1) is 0 Å². The summed E-state index contributed by atoms with van der Waals surface area (Å²) in [6, 6.07) is 7.86. The highest BCUT2D eigenvalue weighted by molar-refractivity contribution is 5.92. The summed E-state index contributed by atoms with van der Waals surface area (Å²) in [6.45, 7) is 8.05. The number of rotatable bonds is 2. The third-order valence-corrected chi connectivity index (χ3v) is 5.69. The molecule has 1 atom stereocenters. The van der Waals surface area contributed by atoms with Crippen LogP contribution in [0, 0.1) is 6.92 Å². The molecular formula is C19H26N4. The van der Waals surface area contributed by atoms with Crippen LogP contribution in [0.1, 0.15) is 38.2 Å². The summed E-state index contributed by atoms with van der Waals surface area (Å²) in [5.41, 5.74) is 2.33. The zero-order chi connectivity index (χ0) is 15.8. The Kier molecular flexibility index (Phi) is 3.93. The standard InChI is InChI=1S/C19H26N4/c1-14-5-3-7-17-18(14)19(21-13-20-17)22-11-8-16(9-12-22)23-10-4-6-15(23)2/h3,5,7,13,15-16H,4,6,8-12H2,1-2H3. The van der Waals surface area contributed by atoms with Crippen molar-refractivity contribution in [1.29, 1.82) is 0 Å². The number of aromatic nitrogens is 2. The van der Waals surface area contributed by atoms with E-state index in [1.165, 1.54) is 43.2 Å². The van der Waals surface area contributed by atoms with Gasteiger partial charge in [0.2, 0.25) is 0 Å². The largest absolute Gasteiger partial charge is 0.356 e. The molecule has 4 heteroatoms. The third-order valence-electron chi connectivity index (χ3n) is 5.69. The van der Waals surface area contributed by atoms with Crippen molar-refractivity contribution in [2.45, 2.75) is 51.6 Å². The highest BCUT2D eigenvalue weighted by atomic mass is 15.2. The Balaban J connectivity index is 1.55. The van der Waals surface area contributed by atoms with E-state index in [9.17, 15) is 0 Å². The molecule has 2 aliphatic heterocycles. The normalized spacial score (nSPS) is 23.7. The number of fused-ring (bicyclic) bond motifs is 1. The molecule has 0 saturated carbocycles. The van der Waals surface area contributed by atoms with Crippen molar-refractivity contribution in [2.75, 3.05) is 24.5 Å². The van der Waals surface area contributed by atoms with Crippen LogP contribution in [0.15, 0.2) is 24.5 Å². The van der Waals surface area contributed by atoms with Gasteiger partial charge in [-0.25, -0.2) is 9.97 Å². The summed E-state index contributed by atoms with van der Waals surface area (Å²) in [5.74, 6) is 1.13. The smallest absolute Gasteiger partial charge is 0.140 e. The van der Waals surface area contributed by atoms with Crippen LogP contribution >= 0.6 is 0 Å². The fourth-order valence-corrected chi connectivity index (χ4v) is 4.41. The molecule has 0 aliphatic carbocycles. The second kappa shape index (κ2) is 6.08. The van der Waals surface area contributed by atoms with E-state index in [-0.39, 0.29) is 0 Å². The number of likely N-dealkylation sites (tertiary alicyclic amines) is 1. The number of hydrogen-bond acceptors (Lipinski definition) is 4. The molecule has 1 aromatic carbocycles. The third kappa shape index (κ3) is 2.69. The molecule has 1 aromatic heterocycles. The number of piperidine rings is 1. The fraction of sp³-hybridized carbons (Fsp3) is 0.579. The van der Waals surface area contributed by atoms with Gasteiger partial charge in [0.15, 0.2) is 0 Å². The van der Waals surface area contributed by atoms with Gasteiger partial charge in [0.05, 0.1) is 5.52 Å². The molecule has 0 spiro atoms. The van der Waals surface area contributed by atoms with Crippen LogP contribution in [0.5, 0.6) is 0 Å². The van der Waals surface area contributed by atoms with E-state index in [0.717, 1.165) is 36.5 Å². The first-order valence-corrected chi connectivity index (χ1v) is 8.95. The zero-order valence-electron chi connectivity index (χ0n) is 14.2. The Morgan fingerprint density at radius 3 is 2.61 bits per heavy atom. The molecule has 0 bridgehead atoms. The lowest BCUT2D eigenvalue weighted by Crippen LogP contribution is -2.46. The molecule has 23 heavy (non-hydrogen) atoms. The van der Waals surface area contributed by atoms with Crippen LogP contribution < -0.4 is 4.90 Å². The average molecular weight is 310 g/mol. The van der Waals surface area contributed by atoms with Crippen LogP contribution in [-0.4, -0.2) is 46.6 Å². The van der Waals surface area contributed by atoms with Gasteiger partial charge in [0, 0.05) is 30.6 Å². The maximum absolute atomic E-state index is 4.63. The first-order valence-electron chi connectivity index (χ1n) is 8.95. The molecule has 4 nitrogen and oxygen atoms in total. The van der Waals surface area contributed by atoms with Gasteiger partial charge < -0.3 is 4.90 Å². The van der Waals surface area contributed by atoms with Gasteiger partial charge >= 0.3 is 0 Å². The SMILES string of the molecule is Cc1cccc2ncnc(N3CCC(N4CCCC4C)CC3)c12. The summed E-state index contributed by atoms with van der Waals surface area (Å²) in [4.78, 5) is 14.3. The monoisotopic (exact) mass is 310 g/mol. The van der Waals surface area contributed by atoms with Gasteiger partial charge in [-0.3, -0.25) is 4.90 Å². The minimum atomic E-state index is 0.762. The number of hydrogen-bond donors (Lipinski definition) is 0. The molecule has 122 valence electrons. The van der Waals surface area contributed by atoms with Crippen LogP contribution in [0.2, 0.25) is 0 Å². The van der Waals surface area contributed by atoms with Crippen molar-refractivity contribution >= 4 is 16.7 Å². The van der Waals surface area contributed by atoms with Crippen molar-refractivity contribution in [3.05, 3.63) is 30.1 Å². The van der Waals surface area contributed by atoms with Crippen molar-refractivity contribution < 1.29 is 0 Å². The minimum Gasteiger partial charge on any atom is -0.356 e. The molecule has 0 N–H and O–H groups in total. The molecular weight excluding hydrogens is 284 g/mol. The van der Waals surface area contributed by atoms with Gasteiger partial charge in [0.25, 0.3) is 0 Å². The summed E-state index contributed by atoms with van der Waals surface area (Å²) in [7, 11) is 0. The maximum atomic E-state index is 4.63. The summed E-state index contributed by atoms with van der Waals surface area (Å²) in [6.07, 6.45) is 6.96. The van der Waals surface area contributed by atoms with Crippen molar-refractivity contribution in [3.63, 3.8) is 0 Å². The maximum Gasteiger partial charge on any atom is 0.140 e. The van der Waals surface area contributed by atoms with Crippen LogP contribution in [-0.2, 0) is 0 Å². The molecule has 2 saturated heterocycles. The molecule has 2 aliphatic rings. The van der Waals surface area contributed by atoms with Crippen LogP contribution in [0.3, 0.4) is 0 Å². The number of nitrogens with zero attached hydrogens (tertiary/aromatic N) is 4. The summed E-state index contributed by atoms with van der Waals surface area (Å²) in [5, 5.41) is 1.22. The molecule has 0 radical (unpaired) electrons. The topological polar surface area (TPSA) is 32.3 Å². The van der Waals surface area contributed by atoms with E-state index < -0.39 is 0 Å². The average Bonchev–Trinajstić information content (AvgIpc) is 3.01. The van der Waals surface area contributed by atoms with Gasteiger partial charge in [0.1, 0.15) is 12.1 Å². The molecule has 0 amide bonds. The first kappa shape index (κ1) is 14.9. The lowest BCUT2D eigenvalue weighted by molar-refractivity contribution is 0.163. The number of aryl methyl sites for hydroxylation is 1. The molecule has 1 unspecified atom stereocenters. The highest BCUT2D eigenvalue weighted by Gasteiger charge is 2.31. The second-order valence-electron chi connectivity index (χ2n) is 7.11. The predicted octanol–water partition coefficient (Wildman–Crippen LogP) is 3.39. The number of benzene rings is 1. The van der Waals surface area contributed by atoms with E-state index in [1.807, 2.05) is 0 Å². The van der Waals surface area contributed by atoms with E-state index in [2.05, 4.69) is 51.8 Å². The van der Waals surface area contributed by atoms with Gasteiger partial charge in [-0.05, 0) is 57.7 Å². The predicted molar refractivity (Wildman–Crippen MR) is 94.9 cm³/mol. The lowest BCUT2D eigenvalue weighted by atomic mass is 10.0. The van der Waals surface area contributed by atoms with E-state index >= 15 is 0 Å². The van der Waals surface area contributed by atoms with Gasteiger partial charge in [-0.2, -0.15) is 0 Å². The second-order valence-corrected chi connectivity index (χ2v) is 7.11. The zero-order valence-corrected chi connectivity index (χ0v) is 14.2. The molecule has 2 fully saturated rings. The Morgan fingerprint density at radius 1 is 1.04 bits per heavy atom. The Morgan fingerprint density at radius 2 is 1.87 bits per heavy atom. The van der Waals surface area contributed by atoms with E-state index in [4.69, 9.17) is 0 Å². The van der Waals surface area contributed by atoms with Crippen molar-refractivity contribution in [2.24, 2.45) is 0 Å². The van der Waals surface area contributed by atoms with E-state index in [0.29, 0.717) is 0 Å². The summed E-state index contributed by atoms with van der Waals surface area (Å²) >= 11 is 0. The number of anilines is 1. The lowest BCUT2D eigenvalue weighted by Gasteiger charge is -2.39. The minimum absolute atomic E-state index is 0.762. The van der Waals surface area contributed by atoms with Crippen molar-refractivity contribution in [1.82, 2.24) is 14.9 Å². The Labute approximate surface area is 138 Å². The van der Waals surface area contributed by atoms with Crippen molar-refractivity contribution in [3.8, 4) is 0 Å². The Hall–Kier alpha value is -1.68. The molecule has 2 aromatic rings. The molecule has 3 heterocycles. The quantitative estimate of drug-likeness (QED) is 0.851. The van der Waals surface area contributed by atoms with Crippen LogP contribution in [0.4, 0.5) is 5.82 Å².